The molecule has 0 saturated carbocycles. The van der Waals surface area contributed by atoms with Gasteiger partial charge >= 0.3 is 0 Å². The van der Waals surface area contributed by atoms with Crippen molar-refractivity contribution >= 4 is 22.8 Å². The number of hydrogen-bond acceptors (Lipinski definition) is 5. The molecule has 0 radical (unpaired) electrons. The normalized spacial score (nSPS) is 14.4. The maximum Gasteiger partial charge on any atom is 0.229 e. The van der Waals surface area contributed by atoms with Crippen LogP contribution in [0.2, 0.25) is 0 Å². The highest BCUT2D eigenvalue weighted by molar-refractivity contribution is 5.89. The summed E-state index contributed by atoms with van der Waals surface area (Å²) in [5.41, 5.74) is 3.28. The number of anilines is 2. The Kier molecular flexibility index (Phi) is 4.26. The third kappa shape index (κ3) is 3.16. The first-order valence-corrected chi connectivity index (χ1v) is 9.00. The van der Waals surface area contributed by atoms with Crippen LogP contribution in [-0.2, 0) is 6.54 Å². The van der Waals surface area contributed by atoms with Crippen molar-refractivity contribution in [3.8, 4) is 0 Å². The third-order valence-corrected chi connectivity index (χ3v) is 4.78. The van der Waals surface area contributed by atoms with Crippen molar-refractivity contribution in [1.29, 1.82) is 0 Å². The quantitative estimate of drug-likeness (QED) is 0.775. The Hall–Kier alpha value is -2.63. The number of nitrogens with zero attached hydrogens (tertiary/aromatic N) is 5. The molecule has 0 aliphatic carbocycles. The van der Waals surface area contributed by atoms with Crippen LogP contribution < -0.4 is 9.80 Å². The van der Waals surface area contributed by atoms with E-state index in [2.05, 4.69) is 51.8 Å². The Morgan fingerprint density at radius 2 is 1.92 bits per heavy atom. The van der Waals surface area contributed by atoms with Gasteiger partial charge in [0.2, 0.25) is 5.95 Å². The minimum Gasteiger partial charge on any atom is -0.352 e. The molecule has 6 nitrogen and oxygen atoms in total. The van der Waals surface area contributed by atoms with Gasteiger partial charge in [0.1, 0.15) is 11.5 Å². The molecular formula is C19H24N6. The lowest BCUT2D eigenvalue weighted by Crippen LogP contribution is -2.26. The van der Waals surface area contributed by atoms with Crippen molar-refractivity contribution in [2.24, 2.45) is 0 Å². The summed E-state index contributed by atoms with van der Waals surface area (Å²) in [6.07, 6.45) is 6.12. The molecule has 4 heterocycles. The van der Waals surface area contributed by atoms with Crippen molar-refractivity contribution < 1.29 is 0 Å². The average Bonchev–Trinajstić information content (AvgIpc) is 3.28. The van der Waals surface area contributed by atoms with Crippen molar-refractivity contribution in [3.63, 3.8) is 0 Å². The van der Waals surface area contributed by atoms with Gasteiger partial charge in [0, 0.05) is 44.3 Å². The summed E-state index contributed by atoms with van der Waals surface area (Å²) in [5, 5.41) is 1.09. The van der Waals surface area contributed by atoms with Crippen LogP contribution >= 0.6 is 0 Å². The summed E-state index contributed by atoms with van der Waals surface area (Å²) in [5.74, 6) is 1.85. The van der Waals surface area contributed by atoms with Crippen LogP contribution in [0.15, 0.2) is 30.6 Å². The molecule has 25 heavy (non-hydrogen) atoms. The van der Waals surface area contributed by atoms with Gasteiger partial charge < -0.3 is 14.8 Å². The molecule has 1 N–H and O–H groups in total. The number of pyridine rings is 1. The molecule has 130 valence electrons. The molecule has 0 atom stereocenters. The molecular weight excluding hydrogens is 312 g/mol. The molecule has 3 aromatic rings. The number of rotatable bonds is 5. The first kappa shape index (κ1) is 15.9. The summed E-state index contributed by atoms with van der Waals surface area (Å²) in [6.45, 7) is 8.03. The van der Waals surface area contributed by atoms with E-state index in [1.165, 1.54) is 18.4 Å². The van der Waals surface area contributed by atoms with Crippen LogP contribution in [0.3, 0.4) is 0 Å². The SMILES string of the molecule is CCN(Cc1ccncc1)c1nc(N2CCCC2)nc2[nH]c(C)cc12. The standard InChI is InChI=1S/C19H24N6/c1-3-24(13-15-6-8-20-9-7-15)18-16-12-14(2)21-17(16)22-19(23-18)25-10-4-5-11-25/h6-9,12H,3-5,10-11,13H2,1-2H3,(H,21,22,23). The number of nitrogens with one attached hydrogen (secondary N) is 1. The van der Waals surface area contributed by atoms with E-state index in [4.69, 9.17) is 9.97 Å². The summed E-state index contributed by atoms with van der Waals surface area (Å²) in [7, 11) is 0. The second-order valence-corrected chi connectivity index (χ2v) is 6.63. The zero-order chi connectivity index (χ0) is 17.2. The lowest BCUT2D eigenvalue weighted by atomic mass is 10.2. The Morgan fingerprint density at radius 1 is 1.16 bits per heavy atom. The van der Waals surface area contributed by atoms with Gasteiger partial charge in [0.25, 0.3) is 0 Å². The summed E-state index contributed by atoms with van der Waals surface area (Å²) in [4.78, 5) is 21.9. The molecule has 0 spiro atoms. The highest BCUT2D eigenvalue weighted by Crippen LogP contribution is 2.29. The van der Waals surface area contributed by atoms with E-state index in [0.29, 0.717) is 0 Å². The van der Waals surface area contributed by atoms with Crippen LogP contribution in [-0.4, -0.2) is 39.6 Å². The molecule has 1 aliphatic heterocycles. The first-order valence-electron chi connectivity index (χ1n) is 9.00. The molecule has 0 unspecified atom stereocenters. The molecule has 0 aromatic carbocycles. The Morgan fingerprint density at radius 3 is 2.64 bits per heavy atom. The molecule has 1 aliphatic rings. The lowest BCUT2D eigenvalue weighted by molar-refractivity contribution is 0.807. The van der Waals surface area contributed by atoms with Crippen molar-refractivity contribution in [3.05, 3.63) is 41.9 Å². The van der Waals surface area contributed by atoms with E-state index in [1.807, 2.05) is 12.4 Å². The van der Waals surface area contributed by atoms with Gasteiger partial charge in [-0.3, -0.25) is 4.98 Å². The molecule has 1 fully saturated rings. The zero-order valence-electron chi connectivity index (χ0n) is 14.9. The third-order valence-electron chi connectivity index (χ3n) is 4.78. The van der Waals surface area contributed by atoms with Crippen LogP contribution in [0, 0.1) is 6.92 Å². The van der Waals surface area contributed by atoms with Crippen LogP contribution in [0.25, 0.3) is 11.0 Å². The number of aromatic nitrogens is 4. The fourth-order valence-corrected chi connectivity index (χ4v) is 3.46. The predicted molar refractivity (Wildman–Crippen MR) is 101 cm³/mol. The Balaban J connectivity index is 1.77. The maximum atomic E-state index is 4.97. The molecule has 0 amide bonds. The highest BCUT2D eigenvalue weighted by Gasteiger charge is 2.20. The van der Waals surface area contributed by atoms with E-state index in [1.54, 1.807) is 0 Å². The molecule has 3 aromatic heterocycles. The second-order valence-electron chi connectivity index (χ2n) is 6.63. The van der Waals surface area contributed by atoms with Gasteiger partial charge in [0.15, 0.2) is 0 Å². The van der Waals surface area contributed by atoms with Crippen molar-refractivity contribution in [2.75, 3.05) is 29.4 Å². The van der Waals surface area contributed by atoms with Crippen LogP contribution in [0.4, 0.5) is 11.8 Å². The average molecular weight is 336 g/mol. The Bertz CT molecular complexity index is 851. The molecule has 6 heteroatoms. The van der Waals surface area contributed by atoms with Gasteiger partial charge in [0.05, 0.1) is 5.39 Å². The van der Waals surface area contributed by atoms with Gasteiger partial charge in [-0.05, 0) is 50.5 Å². The largest absolute Gasteiger partial charge is 0.352 e. The van der Waals surface area contributed by atoms with E-state index < -0.39 is 0 Å². The summed E-state index contributed by atoms with van der Waals surface area (Å²) in [6, 6.07) is 6.27. The summed E-state index contributed by atoms with van der Waals surface area (Å²) >= 11 is 0. The number of fused-ring (bicyclic) bond motifs is 1. The number of hydrogen-bond donors (Lipinski definition) is 1. The molecule has 4 rings (SSSR count). The fraction of sp³-hybridized carbons (Fsp3) is 0.421. The maximum absolute atomic E-state index is 4.97. The van der Waals surface area contributed by atoms with Crippen molar-refractivity contribution in [2.45, 2.75) is 33.2 Å². The number of aromatic amines is 1. The van der Waals surface area contributed by atoms with Crippen LogP contribution in [0.1, 0.15) is 31.0 Å². The number of aryl methyl sites for hydroxylation is 1. The number of H-pyrrole nitrogens is 1. The van der Waals surface area contributed by atoms with Crippen LogP contribution in [0.5, 0.6) is 0 Å². The minimum absolute atomic E-state index is 0.814. The highest BCUT2D eigenvalue weighted by atomic mass is 15.3. The molecule has 0 bridgehead atoms. The minimum atomic E-state index is 0.814. The van der Waals surface area contributed by atoms with Gasteiger partial charge in [-0.15, -0.1) is 0 Å². The van der Waals surface area contributed by atoms with E-state index >= 15 is 0 Å². The smallest absolute Gasteiger partial charge is 0.229 e. The Labute approximate surface area is 147 Å². The first-order chi connectivity index (χ1) is 12.2. The topological polar surface area (TPSA) is 60.9 Å². The fourth-order valence-electron chi connectivity index (χ4n) is 3.46. The zero-order valence-corrected chi connectivity index (χ0v) is 14.9. The predicted octanol–water partition coefficient (Wildman–Crippen LogP) is 3.29. The molecule has 1 saturated heterocycles. The van der Waals surface area contributed by atoms with Crippen molar-refractivity contribution in [1.82, 2.24) is 19.9 Å². The second kappa shape index (κ2) is 6.70. The lowest BCUT2D eigenvalue weighted by Gasteiger charge is -2.24. The monoisotopic (exact) mass is 336 g/mol. The van der Waals surface area contributed by atoms with E-state index in [0.717, 1.165) is 54.7 Å². The van der Waals surface area contributed by atoms with Gasteiger partial charge in [-0.25, -0.2) is 0 Å². The van der Waals surface area contributed by atoms with E-state index in [-0.39, 0.29) is 0 Å². The van der Waals surface area contributed by atoms with Gasteiger partial charge in [-0.1, -0.05) is 0 Å². The summed E-state index contributed by atoms with van der Waals surface area (Å²) < 4.78 is 0. The van der Waals surface area contributed by atoms with Gasteiger partial charge in [-0.2, -0.15) is 9.97 Å². The van der Waals surface area contributed by atoms with E-state index in [9.17, 15) is 0 Å².